The van der Waals surface area contributed by atoms with Gasteiger partial charge in [-0.1, -0.05) is 0 Å². The smallest absolute Gasteiger partial charge is 0.116 e. The predicted molar refractivity (Wildman–Crippen MR) is 37.6 cm³/mol. The molecule has 3 heteroatoms. The quantitative estimate of drug-likeness (QED) is 0.629. The first-order valence-corrected chi connectivity index (χ1v) is 3.26. The summed E-state index contributed by atoms with van der Waals surface area (Å²) < 4.78 is 1.75. The van der Waals surface area contributed by atoms with Crippen LogP contribution in [0, 0.1) is 13.1 Å². The highest BCUT2D eigenvalue weighted by atomic mass is 16.2. The van der Waals surface area contributed by atoms with Gasteiger partial charge in [-0.05, 0) is 13.3 Å². The SMILES string of the molecule is Cc1c(CCO)[c]nn1C. The van der Waals surface area contributed by atoms with E-state index in [0.29, 0.717) is 6.42 Å². The summed E-state index contributed by atoms with van der Waals surface area (Å²) in [5.74, 6) is 0. The topological polar surface area (TPSA) is 38.1 Å². The molecule has 1 radical (unpaired) electrons. The van der Waals surface area contributed by atoms with Crippen LogP contribution in [0.25, 0.3) is 0 Å². The Kier molecular flexibility index (Phi) is 2.06. The maximum atomic E-state index is 8.60. The van der Waals surface area contributed by atoms with Crippen LogP contribution in [-0.2, 0) is 13.5 Å². The predicted octanol–water partition coefficient (Wildman–Crippen LogP) is 0.0635. The van der Waals surface area contributed by atoms with Crippen molar-refractivity contribution in [2.24, 2.45) is 7.05 Å². The van der Waals surface area contributed by atoms with Crippen molar-refractivity contribution in [3.8, 4) is 0 Å². The standard InChI is InChI=1S/C7H11N2O/c1-6-7(3-4-10)5-8-9(6)2/h10H,3-4H2,1-2H3. The molecule has 0 spiro atoms. The van der Waals surface area contributed by atoms with Crippen LogP contribution in [0.5, 0.6) is 0 Å². The highest BCUT2D eigenvalue weighted by molar-refractivity contribution is 5.14. The number of aliphatic hydroxyl groups is 1. The summed E-state index contributed by atoms with van der Waals surface area (Å²) in [6.45, 7) is 2.14. The van der Waals surface area contributed by atoms with Crippen LogP contribution in [-0.4, -0.2) is 21.5 Å². The molecule has 1 aromatic rings. The summed E-state index contributed by atoms with van der Waals surface area (Å²) >= 11 is 0. The zero-order chi connectivity index (χ0) is 7.56. The molecule has 0 fully saturated rings. The van der Waals surface area contributed by atoms with Crippen LogP contribution in [0.15, 0.2) is 0 Å². The van der Waals surface area contributed by atoms with Crippen molar-refractivity contribution in [2.75, 3.05) is 6.61 Å². The van der Waals surface area contributed by atoms with Gasteiger partial charge in [0.2, 0.25) is 0 Å². The molecule has 0 amide bonds. The lowest BCUT2D eigenvalue weighted by Crippen LogP contribution is -1.95. The third kappa shape index (κ3) is 1.19. The van der Waals surface area contributed by atoms with Crippen molar-refractivity contribution in [1.29, 1.82) is 0 Å². The van der Waals surface area contributed by atoms with Crippen molar-refractivity contribution in [3.05, 3.63) is 17.5 Å². The van der Waals surface area contributed by atoms with Gasteiger partial charge in [-0.2, -0.15) is 5.10 Å². The molecule has 1 rings (SSSR count). The summed E-state index contributed by atoms with van der Waals surface area (Å²) in [5, 5.41) is 12.5. The lowest BCUT2D eigenvalue weighted by Gasteiger charge is -1.95. The molecule has 0 unspecified atom stereocenters. The minimum Gasteiger partial charge on any atom is -0.396 e. The number of rotatable bonds is 2. The van der Waals surface area contributed by atoms with E-state index in [9.17, 15) is 0 Å². The van der Waals surface area contributed by atoms with Gasteiger partial charge in [0.15, 0.2) is 0 Å². The number of aryl methyl sites for hydroxylation is 1. The Hall–Kier alpha value is -0.830. The molecule has 0 aromatic carbocycles. The Morgan fingerprint density at radius 2 is 2.40 bits per heavy atom. The maximum Gasteiger partial charge on any atom is 0.116 e. The molecule has 1 heterocycles. The van der Waals surface area contributed by atoms with E-state index >= 15 is 0 Å². The van der Waals surface area contributed by atoms with Crippen molar-refractivity contribution in [2.45, 2.75) is 13.3 Å². The van der Waals surface area contributed by atoms with E-state index in [-0.39, 0.29) is 6.61 Å². The summed E-state index contributed by atoms with van der Waals surface area (Å²) in [6, 6.07) is 0. The normalized spacial score (nSPS) is 10.3. The summed E-state index contributed by atoms with van der Waals surface area (Å²) in [4.78, 5) is 0. The van der Waals surface area contributed by atoms with Gasteiger partial charge in [-0.15, -0.1) is 0 Å². The Balaban J connectivity index is 2.83. The van der Waals surface area contributed by atoms with Gasteiger partial charge in [-0.25, -0.2) is 0 Å². The van der Waals surface area contributed by atoms with Crippen molar-refractivity contribution >= 4 is 0 Å². The second kappa shape index (κ2) is 2.84. The lowest BCUT2D eigenvalue weighted by molar-refractivity contribution is 0.299. The van der Waals surface area contributed by atoms with Crippen molar-refractivity contribution < 1.29 is 5.11 Å². The monoisotopic (exact) mass is 139 g/mol. The van der Waals surface area contributed by atoms with Crippen LogP contribution in [0.4, 0.5) is 0 Å². The van der Waals surface area contributed by atoms with Crippen LogP contribution in [0.1, 0.15) is 11.3 Å². The van der Waals surface area contributed by atoms with E-state index < -0.39 is 0 Å². The summed E-state index contributed by atoms with van der Waals surface area (Å²) in [6.07, 6.45) is 3.48. The fourth-order valence-corrected chi connectivity index (χ4v) is 0.835. The maximum absolute atomic E-state index is 8.60. The molecule has 10 heavy (non-hydrogen) atoms. The minimum atomic E-state index is 0.170. The molecule has 1 aromatic heterocycles. The van der Waals surface area contributed by atoms with Gasteiger partial charge >= 0.3 is 0 Å². The largest absolute Gasteiger partial charge is 0.396 e. The zero-order valence-corrected chi connectivity index (χ0v) is 6.26. The van der Waals surface area contributed by atoms with Gasteiger partial charge in [0.05, 0.1) is 0 Å². The average Bonchev–Trinajstić information content (AvgIpc) is 2.20. The van der Waals surface area contributed by atoms with Gasteiger partial charge in [0.1, 0.15) is 6.20 Å². The second-order valence-corrected chi connectivity index (χ2v) is 2.27. The van der Waals surface area contributed by atoms with Crippen LogP contribution >= 0.6 is 0 Å². The fraction of sp³-hybridized carbons (Fsp3) is 0.571. The summed E-state index contributed by atoms with van der Waals surface area (Å²) in [5.41, 5.74) is 2.08. The third-order valence-corrected chi connectivity index (χ3v) is 1.62. The first-order chi connectivity index (χ1) is 4.75. The van der Waals surface area contributed by atoms with E-state index in [1.165, 1.54) is 0 Å². The average molecular weight is 139 g/mol. The third-order valence-electron chi connectivity index (χ3n) is 1.62. The van der Waals surface area contributed by atoms with Gasteiger partial charge in [0.25, 0.3) is 0 Å². The molecule has 55 valence electrons. The molecule has 0 atom stereocenters. The van der Waals surface area contributed by atoms with Crippen molar-refractivity contribution in [1.82, 2.24) is 9.78 Å². The molecule has 0 aliphatic rings. The molecular weight excluding hydrogens is 128 g/mol. The highest BCUT2D eigenvalue weighted by Crippen LogP contribution is 2.04. The molecule has 0 bridgehead atoms. The molecule has 0 aliphatic carbocycles. The molecule has 0 aliphatic heterocycles. The molecule has 3 nitrogen and oxygen atoms in total. The van der Waals surface area contributed by atoms with E-state index in [1.54, 1.807) is 4.68 Å². The van der Waals surface area contributed by atoms with Crippen molar-refractivity contribution in [3.63, 3.8) is 0 Å². The van der Waals surface area contributed by atoms with Crippen LogP contribution in [0.3, 0.4) is 0 Å². The first kappa shape index (κ1) is 7.28. The Bertz CT molecular complexity index is 217. The molecule has 0 saturated carbocycles. The number of aliphatic hydroxyl groups excluding tert-OH is 1. The molecule has 0 saturated heterocycles. The zero-order valence-electron chi connectivity index (χ0n) is 6.26. The van der Waals surface area contributed by atoms with Gasteiger partial charge in [-0.3, -0.25) is 4.68 Å². The minimum absolute atomic E-state index is 0.170. The Morgan fingerprint density at radius 1 is 1.70 bits per heavy atom. The number of hydrogen-bond donors (Lipinski definition) is 1. The van der Waals surface area contributed by atoms with Gasteiger partial charge in [0, 0.05) is 24.9 Å². The summed E-state index contributed by atoms with van der Waals surface area (Å²) in [7, 11) is 1.87. The van der Waals surface area contributed by atoms with E-state index in [4.69, 9.17) is 5.11 Å². The molecular formula is C7H11N2O. The first-order valence-electron chi connectivity index (χ1n) is 3.26. The number of aromatic nitrogens is 2. The Labute approximate surface area is 60.3 Å². The van der Waals surface area contributed by atoms with E-state index in [2.05, 4.69) is 11.3 Å². The fourth-order valence-electron chi connectivity index (χ4n) is 0.835. The van der Waals surface area contributed by atoms with Crippen LogP contribution in [0.2, 0.25) is 0 Å². The second-order valence-electron chi connectivity index (χ2n) is 2.27. The van der Waals surface area contributed by atoms with Crippen LogP contribution < -0.4 is 0 Å². The highest BCUT2D eigenvalue weighted by Gasteiger charge is 2.01. The molecule has 1 N–H and O–H groups in total. The van der Waals surface area contributed by atoms with Gasteiger partial charge < -0.3 is 5.11 Å². The number of nitrogens with zero attached hydrogens (tertiary/aromatic N) is 2. The lowest BCUT2D eigenvalue weighted by atomic mass is 10.2. The van der Waals surface area contributed by atoms with E-state index in [0.717, 1.165) is 11.3 Å². The number of hydrogen-bond acceptors (Lipinski definition) is 2. The Morgan fingerprint density at radius 3 is 2.80 bits per heavy atom. The van der Waals surface area contributed by atoms with E-state index in [1.807, 2.05) is 14.0 Å².